The number of fused-ring (bicyclic) bond motifs is 1. The van der Waals surface area contributed by atoms with Crippen LogP contribution in [-0.2, 0) is 17.5 Å². The molecule has 5 rings (SSSR count). The van der Waals surface area contributed by atoms with Gasteiger partial charge in [0.15, 0.2) is 6.17 Å². The second kappa shape index (κ2) is 9.37. The fourth-order valence-electron chi connectivity index (χ4n) is 4.37. The Morgan fingerprint density at radius 3 is 2.05 bits per heavy atom. The smallest absolute Gasteiger partial charge is 0.267 e. The second-order valence-corrected chi connectivity index (χ2v) is 9.32. The number of benzene rings is 2. The molecular formula is C25H18Cl2F3N5O2. The van der Waals surface area contributed by atoms with Crippen LogP contribution >= 0.6 is 23.2 Å². The van der Waals surface area contributed by atoms with Crippen LogP contribution in [0.25, 0.3) is 11.1 Å². The van der Waals surface area contributed by atoms with Crippen LogP contribution in [0.15, 0.2) is 66.9 Å². The number of nitrogens with one attached hydrogen (secondary N) is 1. The number of carbonyl (C=O) groups excluding carboxylic acids is 2. The van der Waals surface area contributed by atoms with Crippen molar-refractivity contribution >= 4 is 46.3 Å². The first-order chi connectivity index (χ1) is 17.5. The molecule has 1 fully saturated rings. The average Bonchev–Trinajstić information content (AvgIpc) is 3.15. The molecule has 1 N–H and O–H groups in total. The standard InChI is InChI=1S/C25H18Cl2F3N5O2/c1-33-22-20(14-2-7-17(26)8-3-14)21(15-4-9-18(27)10-5-15)23(36)34(35(22)24(37)32-33)13-19-11-6-16(12-31-19)25(28,29)30/h2-12,22H,13H2,1H3,(H,32,37). The van der Waals surface area contributed by atoms with E-state index in [2.05, 4.69) is 10.4 Å². The molecule has 190 valence electrons. The van der Waals surface area contributed by atoms with Crippen molar-refractivity contribution in [2.75, 3.05) is 7.05 Å². The van der Waals surface area contributed by atoms with Crippen LogP contribution < -0.4 is 5.43 Å². The number of hydrogen-bond acceptors (Lipinski definition) is 4. The number of likely N-dealkylation sites (N-methyl/N-ethyl adjacent to an activating group) is 1. The number of aromatic nitrogens is 1. The highest BCUT2D eigenvalue weighted by Crippen LogP contribution is 2.41. The van der Waals surface area contributed by atoms with Gasteiger partial charge in [0, 0.05) is 28.9 Å². The molecule has 37 heavy (non-hydrogen) atoms. The number of hydrazine groups is 2. The zero-order valence-electron chi connectivity index (χ0n) is 19.1. The van der Waals surface area contributed by atoms with Crippen LogP contribution in [0.3, 0.4) is 0 Å². The van der Waals surface area contributed by atoms with Gasteiger partial charge in [-0.3, -0.25) is 15.2 Å². The van der Waals surface area contributed by atoms with E-state index in [1.165, 1.54) is 16.1 Å². The summed E-state index contributed by atoms with van der Waals surface area (Å²) in [5, 5.41) is 4.96. The molecule has 3 amide bonds. The summed E-state index contributed by atoms with van der Waals surface area (Å²) in [6, 6.07) is 15.0. The number of alkyl halides is 3. The molecule has 3 aromatic rings. The minimum atomic E-state index is -4.55. The molecule has 2 aliphatic rings. The van der Waals surface area contributed by atoms with E-state index in [4.69, 9.17) is 23.2 Å². The number of nitrogens with zero attached hydrogens (tertiary/aromatic N) is 4. The van der Waals surface area contributed by atoms with E-state index < -0.39 is 29.8 Å². The number of halogens is 5. The van der Waals surface area contributed by atoms with Gasteiger partial charge in [0.2, 0.25) is 0 Å². The monoisotopic (exact) mass is 547 g/mol. The van der Waals surface area contributed by atoms with E-state index in [1.54, 1.807) is 60.6 Å². The molecule has 3 heterocycles. The molecule has 2 aliphatic heterocycles. The maximum Gasteiger partial charge on any atom is 0.417 e. The minimum absolute atomic E-state index is 0.174. The Hall–Kier alpha value is -3.60. The van der Waals surface area contributed by atoms with E-state index >= 15 is 0 Å². The predicted octanol–water partition coefficient (Wildman–Crippen LogP) is 5.47. The van der Waals surface area contributed by atoms with Crippen LogP contribution in [0.1, 0.15) is 22.4 Å². The van der Waals surface area contributed by atoms with Gasteiger partial charge in [-0.25, -0.2) is 14.8 Å². The van der Waals surface area contributed by atoms with Crippen molar-refractivity contribution in [2.45, 2.75) is 18.9 Å². The molecule has 2 aromatic carbocycles. The molecule has 12 heteroatoms. The summed E-state index contributed by atoms with van der Waals surface area (Å²) in [4.78, 5) is 31.0. The lowest BCUT2D eigenvalue weighted by molar-refractivity contribution is -0.143. The largest absolute Gasteiger partial charge is 0.417 e. The maximum absolute atomic E-state index is 14.0. The molecule has 1 unspecified atom stereocenters. The van der Waals surface area contributed by atoms with Gasteiger partial charge in [-0.2, -0.15) is 18.2 Å². The molecule has 0 saturated carbocycles. The van der Waals surface area contributed by atoms with Crippen LogP contribution in [0.4, 0.5) is 18.0 Å². The maximum atomic E-state index is 14.0. The predicted molar refractivity (Wildman–Crippen MR) is 131 cm³/mol. The summed E-state index contributed by atoms with van der Waals surface area (Å²) < 4.78 is 39.0. The van der Waals surface area contributed by atoms with Gasteiger partial charge >= 0.3 is 12.2 Å². The molecule has 1 saturated heterocycles. The number of amides is 3. The van der Waals surface area contributed by atoms with Crippen molar-refractivity contribution in [3.63, 3.8) is 0 Å². The number of hydrogen-bond donors (Lipinski definition) is 1. The number of urea groups is 1. The molecule has 0 radical (unpaired) electrons. The first-order valence-electron chi connectivity index (χ1n) is 11.0. The highest BCUT2D eigenvalue weighted by atomic mass is 35.5. The quantitative estimate of drug-likeness (QED) is 0.470. The van der Waals surface area contributed by atoms with Gasteiger partial charge in [-0.15, -0.1) is 0 Å². The van der Waals surface area contributed by atoms with E-state index in [0.29, 0.717) is 38.5 Å². The molecule has 0 spiro atoms. The normalized spacial score (nSPS) is 18.4. The van der Waals surface area contributed by atoms with Gasteiger partial charge in [-0.05, 0) is 47.5 Å². The summed E-state index contributed by atoms with van der Waals surface area (Å²) in [6.07, 6.45) is -4.61. The molecule has 1 aromatic heterocycles. The van der Waals surface area contributed by atoms with Gasteiger partial charge in [-0.1, -0.05) is 47.5 Å². The van der Waals surface area contributed by atoms with E-state index in [1.807, 2.05) is 0 Å². The molecule has 7 nitrogen and oxygen atoms in total. The van der Waals surface area contributed by atoms with Gasteiger partial charge < -0.3 is 0 Å². The Morgan fingerprint density at radius 2 is 1.51 bits per heavy atom. The van der Waals surface area contributed by atoms with Crippen LogP contribution in [0.2, 0.25) is 10.0 Å². The van der Waals surface area contributed by atoms with Crippen molar-refractivity contribution < 1.29 is 22.8 Å². The van der Waals surface area contributed by atoms with Crippen LogP contribution in [-0.4, -0.2) is 45.2 Å². The fourth-order valence-corrected chi connectivity index (χ4v) is 4.62. The van der Waals surface area contributed by atoms with Crippen molar-refractivity contribution in [3.05, 3.63) is 99.3 Å². The van der Waals surface area contributed by atoms with Crippen molar-refractivity contribution in [1.29, 1.82) is 0 Å². The lowest BCUT2D eigenvalue weighted by atomic mass is 9.89. The minimum Gasteiger partial charge on any atom is -0.267 e. The van der Waals surface area contributed by atoms with Crippen molar-refractivity contribution in [2.24, 2.45) is 0 Å². The number of carbonyl (C=O) groups is 2. The third-order valence-electron chi connectivity index (χ3n) is 6.07. The third-order valence-corrected chi connectivity index (χ3v) is 6.57. The lowest BCUT2D eigenvalue weighted by Gasteiger charge is -2.42. The second-order valence-electron chi connectivity index (χ2n) is 8.45. The first-order valence-corrected chi connectivity index (χ1v) is 11.7. The van der Waals surface area contributed by atoms with Gasteiger partial charge in [0.1, 0.15) is 0 Å². The summed E-state index contributed by atoms with van der Waals surface area (Å²) in [6.45, 7) is -0.236. The molecular weight excluding hydrogens is 530 g/mol. The average molecular weight is 548 g/mol. The van der Waals surface area contributed by atoms with Crippen molar-refractivity contribution in [3.8, 4) is 0 Å². The third kappa shape index (κ3) is 4.63. The first kappa shape index (κ1) is 25.1. The van der Waals surface area contributed by atoms with Gasteiger partial charge in [0.05, 0.1) is 23.4 Å². The summed E-state index contributed by atoms with van der Waals surface area (Å²) in [5.74, 6) is -0.532. The SMILES string of the molecule is CN1NC(=O)N2C1C(c1ccc(Cl)cc1)=C(c1ccc(Cl)cc1)C(=O)N2Cc1ccc(C(F)(F)F)cn1. The zero-order valence-corrected chi connectivity index (χ0v) is 20.6. The lowest BCUT2D eigenvalue weighted by Crippen LogP contribution is -2.56. The van der Waals surface area contributed by atoms with Crippen LogP contribution in [0, 0.1) is 0 Å². The Bertz CT molecular complexity index is 1390. The van der Waals surface area contributed by atoms with E-state index in [-0.39, 0.29) is 12.2 Å². The summed E-state index contributed by atoms with van der Waals surface area (Å²) >= 11 is 12.2. The van der Waals surface area contributed by atoms with Crippen molar-refractivity contribution in [1.82, 2.24) is 25.4 Å². The Labute approximate surface area is 219 Å². The molecule has 1 atom stereocenters. The highest BCUT2D eigenvalue weighted by Gasteiger charge is 2.50. The highest BCUT2D eigenvalue weighted by molar-refractivity contribution is 6.32. The topological polar surface area (TPSA) is 68.8 Å². The number of pyridine rings is 1. The molecule has 0 aliphatic carbocycles. The van der Waals surface area contributed by atoms with E-state index in [9.17, 15) is 22.8 Å². The summed E-state index contributed by atoms with van der Waals surface area (Å²) in [7, 11) is 1.66. The van der Waals surface area contributed by atoms with E-state index in [0.717, 1.165) is 6.07 Å². The Balaban J connectivity index is 1.66. The number of rotatable bonds is 4. The van der Waals surface area contributed by atoms with Crippen LogP contribution in [0.5, 0.6) is 0 Å². The summed E-state index contributed by atoms with van der Waals surface area (Å²) in [5.41, 5.74) is 4.01. The molecule has 0 bridgehead atoms. The van der Waals surface area contributed by atoms with Gasteiger partial charge in [0.25, 0.3) is 5.91 Å². The Morgan fingerprint density at radius 1 is 0.919 bits per heavy atom. The zero-order chi connectivity index (χ0) is 26.5. The Kier molecular flexibility index (Phi) is 6.35. The fraction of sp³-hybridized carbons (Fsp3) is 0.160.